The normalized spacial score (nSPS) is 11.0. The molecule has 0 aliphatic carbocycles. The largest absolute Gasteiger partial charge is 0.365 e. The van der Waals surface area contributed by atoms with Crippen molar-refractivity contribution >= 4 is 22.8 Å². The van der Waals surface area contributed by atoms with Gasteiger partial charge in [-0.25, -0.2) is 4.98 Å². The molecule has 1 aromatic carbocycles. The maximum atomic E-state index is 4.89. The van der Waals surface area contributed by atoms with E-state index in [0.29, 0.717) is 0 Å². The van der Waals surface area contributed by atoms with Crippen LogP contribution in [0.25, 0.3) is 16.2 Å². The maximum Gasteiger partial charge on any atom is 0.139 e. The highest BCUT2D eigenvalue weighted by Gasteiger charge is 2.15. The summed E-state index contributed by atoms with van der Waals surface area (Å²) in [6.45, 7) is 2.95. The summed E-state index contributed by atoms with van der Waals surface area (Å²) in [6.07, 6.45) is 3.13. The molecule has 3 heterocycles. The smallest absolute Gasteiger partial charge is 0.139 e. The molecule has 0 unspecified atom stereocenters. The van der Waals surface area contributed by atoms with Crippen LogP contribution >= 0.6 is 11.3 Å². The first-order valence-corrected chi connectivity index (χ1v) is 9.06. The van der Waals surface area contributed by atoms with Gasteiger partial charge in [0.1, 0.15) is 17.2 Å². The zero-order valence-electron chi connectivity index (χ0n) is 13.6. The van der Waals surface area contributed by atoms with Gasteiger partial charge in [0.25, 0.3) is 0 Å². The minimum absolute atomic E-state index is 0.780. The summed E-state index contributed by atoms with van der Waals surface area (Å²) in [5, 5.41) is 5.68. The van der Waals surface area contributed by atoms with Gasteiger partial charge in [-0.15, -0.1) is 11.3 Å². The van der Waals surface area contributed by atoms with E-state index in [4.69, 9.17) is 4.98 Å². The third-order valence-electron chi connectivity index (χ3n) is 4.16. The van der Waals surface area contributed by atoms with Gasteiger partial charge in [-0.2, -0.15) is 0 Å². The highest BCUT2D eigenvalue weighted by Crippen LogP contribution is 2.32. The van der Waals surface area contributed by atoms with Crippen LogP contribution in [0, 0.1) is 0 Å². The van der Waals surface area contributed by atoms with Crippen molar-refractivity contribution in [1.29, 1.82) is 0 Å². The highest BCUT2D eigenvalue weighted by atomic mass is 32.1. The molecule has 0 aliphatic heterocycles. The lowest BCUT2D eigenvalue weighted by molar-refractivity contribution is 1.06. The molecule has 0 radical (unpaired) electrons. The second-order valence-electron chi connectivity index (χ2n) is 5.74. The molecule has 4 heteroatoms. The number of hydrogen-bond donors (Lipinski definition) is 1. The van der Waals surface area contributed by atoms with Crippen molar-refractivity contribution in [3.05, 3.63) is 77.3 Å². The Hall–Kier alpha value is -2.59. The van der Waals surface area contributed by atoms with Crippen molar-refractivity contribution < 1.29 is 0 Å². The van der Waals surface area contributed by atoms with E-state index in [-0.39, 0.29) is 0 Å². The Kier molecular flexibility index (Phi) is 4.05. The molecule has 0 saturated carbocycles. The predicted molar refractivity (Wildman–Crippen MR) is 102 cm³/mol. The van der Waals surface area contributed by atoms with Crippen LogP contribution in [0.2, 0.25) is 0 Å². The summed E-state index contributed by atoms with van der Waals surface area (Å²) >= 11 is 1.72. The van der Waals surface area contributed by atoms with Gasteiger partial charge in [-0.3, -0.25) is 4.40 Å². The summed E-state index contributed by atoms with van der Waals surface area (Å²) in [6, 6.07) is 19.0. The number of imidazole rings is 1. The molecule has 4 rings (SSSR count). The molecule has 0 saturated heterocycles. The first-order valence-electron chi connectivity index (χ1n) is 8.18. The molecule has 0 bridgehead atoms. The fourth-order valence-corrected chi connectivity index (χ4v) is 3.56. The van der Waals surface area contributed by atoms with Crippen molar-refractivity contribution in [1.82, 2.24) is 9.38 Å². The standard InChI is InChI=1S/C20H19N3S/c1-2-15-10-11-23-18(13-15)22-19(17-9-6-12-24-17)20(23)21-14-16-7-4-3-5-8-16/h3-13,21H,2,14H2,1H3. The monoisotopic (exact) mass is 333 g/mol. The van der Waals surface area contributed by atoms with Crippen LogP contribution in [0.15, 0.2) is 66.2 Å². The molecular weight excluding hydrogens is 314 g/mol. The Labute approximate surface area is 145 Å². The predicted octanol–water partition coefficient (Wildman–Crippen LogP) is 5.24. The maximum absolute atomic E-state index is 4.89. The lowest BCUT2D eigenvalue weighted by Crippen LogP contribution is -2.03. The molecular formula is C20H19N3S. The second-order valence-corrected chi connectivity index (χ2v) is 6.69. The summed E-state index contributed by atoms with van der Waals surface area (Å²) < 4.78 is 2.15. The summed E-state index contributed by atoms with van der Waals surface area (Å²) in [4.78, 5) is 6.07. The Morgan fingerprint density at radius 1 is 1.04 bits per heavy atom. The summed E-state index contributed by atoms with van der Waals surface area (Å²) in [5.41, 5.74) is 4.58. The van der Waals surface area contributed by atoms with E-state index in [1.807, 2.05) is 6.07 Å². The number of benzene rings is 1. The number of nitrogens with one attached hydrogen (secondary N) is 1. The van der Waals surface area contributed by atoms with E-state index in [2.05, 4.69) is 76.7 Å². The number of thiophene rings is 1. The van der Waals surface area contributed by atoms with Crippen molar-refractivity contribution in [2.45, 2.75) is 19.9 Å². The lowest BCUT2D eigenvalue weighted by Gasteiger charge is -2.08. The van der Waals surface area contributed by atoms with Crippen LogP contribution in [-0.4, -0.2) is 9.38 Å². The zero-order valence-corrected chi connectivity index (χ0v) is 14.4. The Morgan fingerprint density at radius 3 is 2.67 bits per heavy atom. The van der Waals surface area contributed by atoms with Crippen LogP contribution < -0.4 is 5.32 Å². The summed E-state index contributed by atoms with van der Waals surface area (Å²) in [7, 11) is 0. The van der Waals surface area contributed by atoms with Gasteiger partial charge < -0.3 is 5.32 Å². The van der Waals surface area contributed by atoms with Crippen molar-refractivity contribution in [2.75, 3.05) is 5.32 Å². The van der Waals surface area contributed by atoms with Gasteiger partial charge in [-0.1, -0.05) is 43.3 Å². The zero-order chi connectivity index (χ0) is 16.4. The van der Waals surface area contributed by atoms with Gasteiger partial charge in [0.2, 0.25) is 0 Å². The fourth-order valence-electron chi connectivity index (χ4n) is 2.84. The number of fused-ring (bicyclic) bond motifs is 1. The topological polar surface area (TPSA) is 29.3 Å². The number of hydrogen-bond acceptors (Lipinski definition) is 3. The third kappa shape index (κ3) is 2.81. The number of nitrogens with zero attached hydrogens (tertiary/aromatic N) is 2. The number of aromatic nitrogens is 2. The minimum Gasteiger partial charge on any atom is -0.365 e. The molecule has 0 atom stereocenters. The van der Waals surface area contributed by atoms with Crippen molar-refractivity contribution in [2.24, 2.45) is 0 Å². The van der Waals surface area contributed by atoms with Crippen molar-refractivity contribution in [3.8, 4) is 10.6 Å². The number of rotatable bonds is 5. The van der Waals surface area contributed by atoms with E-state index >= 15 is 0 Å². The van der Waals surface area contributed by atoms with Gasteiger partial charge in [-0.05, 0) is 41.1 Å². The molecule has 0 aliphatic rings. The van der Waals surface area contributed by atoms with Gasteiger partial charge >= 0.3 is 0 Å². The van der Waals surface area contributed by atoms with E-state index in [9.17, 15) is 0 Å². The number of aryl methyl sites for hydroxylation is 1. The second kappa shape index (κ2) is 6.49. The Bertz CT molecular complexity index is 940. The molecule has 24 heavy (non-hydrogen) atoms. The average Bonchev–Trinajstić information content (AvgIpc) is 3.27. The number of anilines is 1. The van der Waals surface area contributed by atoms with Crippen LogP contribution in [0.4, 0.5) is 5.82 Å². The molecule has 3 aromatic heterocycles. The highest BCUT2D eigenvalue weighted by molar-refractivity contribution is 7.13. The summed E-state index contributed by atoms with van der Waals surface area (Å²) in [5.74, 6) is 1.05. The third-order valence-corrected chi connectivity index (χ3v) is 5.03. The fraction of sp³-hybridized carbons (Fsp3) is 0.150. The first kappa shape index (κ1) is 15.0. The van der Waals surface area contributed by atoms with Crippen molar-refractivity contribution in [3.63, 3.8) is 0 Å². The van der Waals surface area contributed by atoms with E-state index in [0.717, 1.165) is 30.1 Å². The molecule has 1 N–H and O–H groups in total. The lowest BCUT2D eigenvalue weighted by atomic mass is 10.2. The van der Waals surface area contributed by atoms with Crippen LogP contribution in [0.3, 0.4) is 0 Å². The molecule has 4 aromatic rings. The minimum atomic E-state index is 0.780. The average molecular weight is 333 g/mol. The molecule has 0 fully saturated rings. The quantitative estimate of drug-likeness (QED) is 0.541. The molecule has 0 spiro atoms. The van der Waals surface area contributed by atoms with E-state index in [1.54, 1.807) is 11.3 Å². The van der Waals surface area contributed by atoms with Gasteiger partial charge in [0.05, 0.1) is 4.88 Å². The Balaban J connectivity index is 1.77. The van der Waals surface area contributed by atoms with Gasteiger partial charge in [0, 0.05) is 12.7 Å². The Morgan fingerprint density at radius 2 is 1.92 bits per heavy atom. The first-order chi connectivity index (χ1) is 11.8. The molecule has 0 amide bonds. The SMILES string of the molecule is CCc1ccn2c(NCc3ccccc3)c(-c3cccs3)nc2c1. The van der Waals surface area contributed by atoms with E-state index in [1.165, 1.54) is 16.0 Å². The van der Waals surface area contributed by atoms with Crippen LogP contribution in [-0.2, 0) is 13.0 Å². The number of pyridine rings is 1. The van der Waals surface area contributed by atoms with Crippen LogP contribution in [0.5, 0.6) is 0 Å². The molecule has 3 nitrogen and oxygen atoms in total. The van der Waals surface area contributed by atoms with E-state index < -0.39 is 0 Å². The van der Waals surface area contributed by atoms with Gasteiger partial charge in [0.15, 0.2) is 0 Å². The van der Waals surface area contributed by atoms with Crippen LogP contribution in [0.1, 0.15) is 18.1 Å². The molecule has 120 valence electrons.